The molecule has 0 aliphatic carbocycles. The molecule has 0 spiro atoms. The zero-order chi connectivity index (χ0) is 37.9. The number of aliphatic hydroxyl groups excluding tert-OH is 1. The highest BCUT2D eigenvalue weighted by molar-refractivity contribution is 7.47. The van der Waals surface area contributed by atoms with Gasteiger partial charge < -0.3 is 19.8 Å². The number of hydrogen-bond donors (Lipinski definition) is 3. The largest absolute Gasteiger partial charge is 0.472 e. The zero-order valence-corrected chi connectivity index (χ0v) is 34.0. The topological polar surface area (TPSA) is 105 Å². The van der Waals surface area contributed by atoms with Gasteiger partial charge in [-0.2, -0.15) is 0 Å². The van der Waals surface area contributed by atoms with Crippen molar-refractivity contribution < 1.29 is 32.9 Å². The van der Waals surface area contributed by atoms with E-state index in [1.54, 1.807) is 6.08 Å². The third-order valence-electron chi connectivity index (χ3n) is 8.18. The van der Waals surface area contributed by atoms with Gasteiger partial charge in [0, 0.05) is 6.42 Å². The predicted octanol–water partition coefficient (Wildman–Crippen LogP) is 10.5. The van der Waals surface area contributed by atoms with Crippen LogP contribution in [-0.2, 0) is 18.4 Å². The quantitative estimate of drug-likeness (QED) is 0.0263. The number of allylic oxidation sites excluding steroid dienone is 11. The molecule has 51 heavy (non-hydrogen) atoms. The van der Waals surface area contributed by atoms with Crippen LogP contribution in [0.5, 0.6) is 0 Å². The van der Waals surface area contributed by atoms with Crippen LogP contribution in [0.4, 0.5) is 0 Å². The summed E-state index contributed by atoms with van der Waals surface area (Å²) >= 11 is 0. The van der Waals surface area contributed by atoms with Gasteiger partial charge in [-0.15, -0.1) is 0 Å². The third-order valence-corrected chi connectivity index (χ3v) is 9.17. The molecule has 0 radical (unpaired) electrons. The molecule has 0 rings (SSSR count). The van der Waals surface area contributed by atoms with Gasteiger partial charge >= 0.3 is 7.82 Å². The van der Waals surface area contributed by atoms with Crippen LogP contribution in [0, 0.1) is 0 Å². The Morgan fingerprint density at radius 3 is 1.71 bits per heavy atom. The summed E-state index contributed by atoms with van der Waals surface area (Å²) in [5.74, 6) is -0.239. The fourth-order valence-electron chi connectivity index (χ4n) is 5.01. The molecular weight excluding hydrogens is 659 g/mol. The number of hydrogen-bond acceptors (Lipinski definition) is 5. The zero-order valence-electron chi connectivity index (χ0n) is 33.1. The van der Waals surface area contributed by atoms with Crippen molar-refractivity contribution in [2.45, 2.75) is 148 Å². The van der Waals surface area contributed by atoms with Crippen LogP contribution in [-0.4, -0.2) is 73.4 Å². The normalized spacial score (nSPS) is 15.4. The van der Waals surface area contributed by atoms with Crippen LogP contribution in [0.3, 0.4) is 0 Å². The molecule has 0 aromatic heterocycles. The first kappa shape index (κ1) is 48.9. The highest BCUT2D eigenvalue weighted by atomic mass is 31.2. The van der Waals surface area contributed by atoms with Crippen molar-refractivity contribution in [3.05, 3.63) is 72.9 Å². The maximum absolute atomic E-state index is 12.8. The van der Waals surface area contributed by atoms with Crippen molar-refractivity contribution in [3.8, 4) is 0 Å². The van der Waals surface area contributed by atoms with Gasteiger partial charge in [0.1, 0.15) is 13.2 Å². The van der Waals surface area contributed by atoms with Gasteiger partial charge in [-0.25, -0.2) is 4.57 Å². The number of nitrogens with one attached hydrogen (secondary N) is 1. The summed E-state index contributed by atoms with van der Waals surface area (Å²) in [7, 11) is 1.52. The predicted molar refractivity (Wildman–Crippen MR) is 216 cm³/mol. The summed E-state index contributed by atoms with van der Waals surface area (Å²) in [5, 5.41) is 13.7. The monoisotopic (exact) mass is 736 g/mol. The molecule has 0 saturated heterocycles. The van der Waals surface area contributed by atoms with Gasteiger partial charge in [0.15, 0.2) is 0 Å². The second kappa shape index (κ2) is 33.8. The van der Waals surface area contributed by atoms with E-state index in [1.807, 2.05) is 27.2 Å². The first-order valence-corrected chi connectivity index (χ1v) is 21.3. The highest BCUT2D eigenvalue weighted by Gasteiger charge is 2.27. The molecule has 1 amide bonds. The van der Waals surface area contributed by atoms with E-state index >= 15 is 0 Å². The van der Waals surface area contributed by atoms with Crippen LogP contribution in [0.25, 0.3) is 0 Å². The lowest BCUT2D eigenvalue weighted by molar-refractivity contribution is -0.870. The van der Waals surface area contributed by atoms with E-state index in [0.717, 1.165) is 57.8 Å². The van der Waals surface area contributed by atoms with Gasteiger partial charge in [0.2, 0.25) is 5.91 Å². The lowest BCUT2D eigenvalue weighted by atomic mass is 10.1. The Labute approximate surface area is 313 Å². The lowest BCUT2D eigenvalue weighted by Crippen LogP contribution is -2.45. The Balaban J connectivity index is 4.64. The Kier molecular flexibility index (Phi) is 32.4. The first-order chi connectivity index (χ1) is 24.5. The fraction of sp³-hybridized carbons (Fsp3) is 0.690. The first-order valence-electron chi connectivity index (χ1n) is 19.8. The number of rotatable bonds is 34. The van der Waals surface area contributed by atoms with Crippen molar-refractivity contribution >= 4 is 13.7 Å². The number of likely N-dealkylation sites (N-methyl/N-ethyl adjacent to an activating group) is 1. The van der Waals surface area contributed by atoms with E-state index in [4.69, 9.17) is 9.05 Å². The molecule has 8 nitrogen and oxygen atoms in total. The second-order valence-electron chi connectivity index (χ2n) is 14.3. The number of phosphoric acid groups is 1. The average Bonchev–Trinajstić information content (AvgIpc) is 3.07. The minimum atomic E-state index is -4.35. The van der Waals surface area contributed by atoms with Crippen molar-refractivity contribution in [3.63, 3.8) is 0 Å². The number of aliphatic hydroxyl groups is 1. The average molecular weight is 736 g/mol. The number of phosphoric ester groups is 1. The lowest BCUT2D eigenvalue weighted by Gasteiger charge is -2.25. The number of carbonyl (C=O) groups excluding carboxylic acids is 1. The van der Waals surface area contributed by atoms with Crippen LogP contribution < -0.4 is 5.32 Å². The molecule has 0 heterocycles. The fourth-order valence-corrected chi connectivity index (χ4v) is 5.75. The van der Waals surface area contributed by atoms with E-state index < -0.39 is 20.0 Å². The number of nitrogens with zero attached hydrogens (tertiary/aromatic N) is 1. The van der Waals surface area contributed by atoms with Gasteiger partial charge in [-0.3, -0.25) is 13.8 Å². The van der Waals surface area contributed by atoms with E-state index in [-0.39, 0.29) is 25.5 Å². The van der Waals surface area contributed by atoms with Crippen molar-refractivity contribution in [2.75, 3.05) is 40.9 Å². The smallest absolute Gasteiger partial charge is 0.387 e. The Morgan fingerprint density at radius 2 is 1.18 bits per heavy atom. The molecule has 294 valence electrons. The summed E-state index contributed by atoms with van der Waals surface area (Å²) < 4.78 is 23.4. The minimum absolute atomic E-state index is 0.0470. The molecule has 0 fully saturated rings. The summed E-state index contributed by atoms with van der Waals surface area (Å²) in [6.45, 7) is 4.61. The van der Waals surface area contributed by atoms with Gasteiger partial charge in [0.25, 0.3) is 0 Å². The number of amides is 1. The maximum atomic E-state index is 12.8. The summed E-state index contributed by atoms with van der Waals surface area (Å²) in [5.41, 5.74) is 0. The molecular formula is C42H76N2O6P+. The van der Waals surface area contributed by atoms with E-state index in [0.29, 0.717) is 17.4 Å². The molecule has 9 heteroatoms. The molecule has 3 atom stereocenters. The van der Waals surface area contributed by atoms with E-state index in [2.05, 4.69) is 79.9 Å². The van der Waals surface area contributed by atoms with E-state index in [9.17, 15) is 19.4 Å². The number of quaternary nitrogens is 1. The van der Waals surface area contributed by atoms with Crippen LogP contribution >= 0.6 is 7.82 Å². The number of carbonyl (C=O) groups is 1. The van der Waals surface area contributed by atoms with Crippen molar-refractivity contribution in [2.24, 2.45) is 0 Å². The summed E-state index contributed by atoms with van der Waals surface area (Å²) in [4.78, 5) is 23.0. The van der Waals surface area contributed by atoms with Gasteiger partial charge in [-0.05, 0) is 57.8 Å². The van der Waals surface area contributed by atoms with Crippen LogP contribution in [0.15, 0.2) is 72.9 Å². The number of unbranched alkanes of at least 4 members (excludes halogenated alkanes) is 11. The summed E-state index contributed by atoms with van der Waals surface area (Å²) in [6.07, 6.45) is 44.0. The molecule has 3 N–H and O–H groups in total. The molecule has 0 aliphatic heterocycles. The van der Waals surface area contributed by atoms with E-state index in [1.165, 1.54) is 51.4 Å². The van der Waals surface area contributed by atoms with Crippen molar-refractivity contribution in [1.29, 1.82) is 0 Å². The summed E-state index contributed by atoms with van der Waals surface area (Å²) in [6, 6.07) is -0.877. The molecule has 0 aromatic rings. The standard InChI is InChI=1S/C42H75N2O6P/c1-6-8-10-12-14-16-18-20-21-22-23-24-26-28-30-32-34-36-42(46)43-40(39-50-51(47,48)49-38-37-44(3,4)5)41(45)35-33-31-29-27-25-19-17-15-13-11-9-7-2/h8,10,14,16,20-21,23-24,28,30,33,35,40-41,45H,6-7,9,11-13,15,17-19,22,25-27,29,31-32,34,36-39H2,1-5H3,(H-,43,46,47,48)/p+1/b10-8-,16-14-,21-20-,24-23-,30-28-,35-33+. The highest BCUT2D eigenvalue weighted by Crippen LogP contribution is 2.43. The Morgan fingerprint density at radius 1 is 0.686 bits per heavy atom. The molecule has 0 aliphatic rings. The van der Waals surface area contributed by atoms with Gasteiger partial charge in [-0.1, -0.05) is 145 Å². The Hall–Kier alpha value is -2.06. The molecule has 3 unspecified atom stereocenters. The Bertz CT molecular complexity index is 1060. The molecule has 0 aromatic carbocycles. The van der Waals surface area contributed by atoms with Gasteiger partial charge in [0.05, 0.1) is 39.9 Å². The van der Waals surface area contributed by atoms with Crippen molar-refractivity contribution in [1.82, 2.24) is 5.32 Å². The van der Waals surface area contributed by atoms with Crippen LogP contribution in [0.1, 0.15) is 136 Å². The SMILES string of the molecule is CC/C=C\C/C=C\C/C=C\C/C=C\C/C=C\CCCC(=O)NC(COP(=O)(O)OCC[N+](C)(C)C)C(O)/C=C/CCCCCCCCCCCC. The van der Waals surface area contributed by atoms with Crippen LogP contribution in [0.2, 0.25) is 0 Å². The molecule has 0 bridgehead atoms. The third kappa shape index (κ3) is 36.1. The maximum Gasteiger partial charge on any atom is 0.472 e. The minimum Gasteiger partial charge on any atom is -0.387 e. The second-order valence-corrected chi connectivity index (χ2v) is 15.7. The molecule has 0 saturated carbocycles.